The molecule has 1 aliphatic rings. The van der Waals surface area contributed by atoms with Crippen LogP contribution in [0.2, 0.25) is 0 Å². The Morgan fingerprint density at radius 1 is 1.15 bits per heavy atom. The molecule has 1 saturated carbocycles. The first-order valence-corrected chi connectivity index (χ1v) is 7.62. The van der Waals surface area contributed by atoms with Crippen LogP contribution < -0.4 is 10.9 Å². The molecule has 1 aliphatic carbocycles. The molecule has 0 bridgehead atoms. The zero-order chi connectivity index (χ0) is 13.9. The van der Waals surface area contributed by atoms with E-state index in [1.54, 1.807) is 0 Å². The van der Waals surface area contributed by atoms with Gasteiger partial charge in [-0.15, -0.1) is 0 Å². The fourth-order valence-electron chi connectivity index (χ4n) is 3.20. The molecule has 106 valence electrons. The summed E-state index contributed by atoms with van der Waals surface area (Å²) in [4.78, 5) is 15.1. The average molecular weight is 270 g/mol. The molecule has 0 saturated heterocycles. The van der Waals surface area contributed by atoms with Gasteiger partial charge in [-0.25, -0.2) is 0 Å². The maximum absolute atomic E-state index is 12.1. The molecule has 20 heavy (non-hydrogen) atoms. The third-order valence-electron chi connectivity index (χ3n) is 4.46. The predicted molar refractivity (Wildman–Crippen MR) is 84.2 cm³/mol. The highest BCUT2D eigenvalue weighted by atomic mass is 16.1. The summed E-state index contributed by atoms with van der Waals surface area (Å²) in [7, 11) is 0. The second kappa shape index (κ2) is 5.70. The SMILES string of the molecule is CC1CCCCCC1Nc1cc2ccccc2c(=O)[nH]1. The van der Waals surface area contributed by atoms with Crippen molar-refractivity contribution in [1.29, 1.82) is 0 Å². The van der Waals surface area contributed by atoms with Crippen LogP contribution in [0.1, 0.15) is 39.0 Å². The highest BCUT2D eigenvalue weighted by molar-refractivity contribution is 5.83. The number of rotatable bonds is 2. The fraction of sp³-hybridized carbons (Fsp3) is 0.471. The van der Waals surface area contributed by atoms with Crippen LogP contribution >= 0.6 is 0 Å². The lowest BCUT2D eigenvalue weighted by molar-refractivity contribution is 0.455. The highest BCUT2D eigenvalue weighted by Gasteiger charge is 2.19. The summed E-state index contributed by atoms with van der Waals surface area (Å²) >= 11 is 0. The van der Waals surface area contributed by atoms with Gasteiger partial charge in [-0.1, -0.05) is 44.4 Å². The molecule has 2 unspecified atom stereocenters. The van der Waals surface area contributed by atoms with E-state index >= 15 is 0 Å². The van der Waals surface area contributed by atoms with Gasteiger partial charge in [0.2, 0.25) is 0 Å². The van der Waals surface area contributed by atoms with E-state index in [1.165, 1.54) is 32.1 Å². The van der Waals surface area contributed by atoms with Crippen molar-refractivity contribution in [3.05, 3.63) is 40.7 Å². The van der Waals surface area contributed by atoms with Crippen molar-refractivity contribution in [2.75, 3.05) is 5.32 Å². The maximum atomic E-state index is 12.1. The van der Waals surface area contributed by atoms with Crippen LogP contribution in [-0.4, -0.2) is 11.0 Å². The third-order valence-corrected chi connectivity index (χ3v) is 4.46. The molecule has 2 aromatic rings. The molecule has 0 spiro atoms. The highest BCUT2D eigenvalue weighted by Crippen LogP contribution is 2.25. The minimum atomic E-state index is -0.00752. The first-order valence-electron chi connectivity index (χ1n) is 7.62. The summed E-state index contributed by atoms with van der Waals surface area (Å²) < 4.78 is 0. The van der Waals surface area contributed by atoms with Crippen LogP contribution in [0, 0.1) is 5.92 Å². The number of fused-ring (bicyclic) bond motifs is 1. The lowest BCUT2D eigenvalue weighted by Gasteiger charge is -2.23. The summed E-state index contributed by atoms with van der Waals surface area (Å²) in [6, 6.07) is 10.2. The van der Waals surface area contributed by atoms with Crippen LogP contribution in [-0.2, 0) is 0 Å². The van der Waals surface area contributed by atoms with Gasteiger partial charge in [-0.3, -0.25) is 4.79 Å². The summed E-state index contributed by atoms with van der Waals surface area (Å²) in [6.07, 6.45) is 6.40. The molecule has 1 fully saturated rings. The maximum Gasteiger partial charge on any atom is 0.257 e. The molecule has 3 nitrogen and oxygen atoms in total. The van der Waals surface area contributed by atoms with Crippen LogP contribution in [0.25, 0.3) is 10.8 Å². The minimum absolute atomic E-state index is 0.00752. The second-order valence-corrected chi connectivity index (χ2v) is 5.97. The molecule has 0 radical (unpaired) electrons. The topological polar surface area (TPSA) is 44.9 Å². The number of aromatic nitrogens is 1. The Kier molecular flexibility index (Phi) is 3.77. The smallest absolute Gasteiger partial charge is 0.257 e. The van der Waals surface area contributed by atoms with Crippen LogP contribution in [0.5, 0.6) is 0 Å². The molecule has 2 N–H and O–H groups in total. The Morgan fingerprint density at radius 3 is 2.85 bits per heavy atom. The zero-order valence-electron chi connectivity index (χ0n) is 12.0. The lowest BCUT2D eigenvalue weighted by Crippen LogP contribution is -2.27. The van der Waals surface area contributed by atoms with E-state index in [2.05, 4.69) is 17.2 Å². The average Bonchev–Trinajstić information content (AvgIpc) is 2.64. The van der Waals surface area contributed by atoms with Gasteiger partial charge in [-0.05, 0) is 36.3 Å². The summed E-state index contributed by atoms with van der Waals surface area (Å²) in [5.74, 6) is 1.51. The Bertz CT molecular complexity index is 647. The van der Waals surface area contributed by atoms with Crippen molar-refractivity contribution in [1.82, 2.24) is 4.98 Å². The predicted octanol–water partition coefficient (Wildman–Crippen LogP) is 3.91. The standard InChI is InChI=1S/C17H22N2O/c1-12-7-3-2-4-10-15(12)18-16-11-13-8-5-6-9-14(13)17(20)19-16/h5-6,8-9,11-12,15H,2-4,7,10H2,1H3,(H2,18,19,20). The monoisotopic (exact) mass is 270 g/mol. The van der Waals surface area contributed by atoms with Crippen molar-refractivity contribution >= 4 is 16.6 Å². The van der Waals surface area contributed by atoms with Gasteiger partial charge in [0.15, 0.2) is 0 Å². The number of aromatic amines is 1. The van der Waals surface area contributed by atoms with E-state index in [-0.39, 0.29) is 5.56 Å². The Labute approximate surface area is 119 Å². The molecule has 3 rings (SSSR count). The normalized spacial score (nSPS) is 23.4. The van der Waals surface area contributed by atoms with Gasteiger partial charge >= 0.3 is 0 Å². The largest absolute Gasteiger partial charge is 0.369 e. The molecular weight excluding hydrogens is 248 g/mol. The summed E-state index contributed by atoms with van der Waals surface area (Å²) in [6.45, 7) is 2.31. The number of pyridine rings is 1. The minimum Gasteiger partial charge on any atom is -0.369 e. The number of nitrogens with one attached hydrogen (secondary N) is 2. The van der Waals surface area contributed by atoms with Gasteiger partial charge in [0.1, 0.15) is 5.82 Å². The van der Waals surface area contributed by atoms with Crippen molar-refractivity contribution in [3.8, 4) is 0 Å². The van der Waals surface area contributed by atoms with Crippen LogP contribution in [0.15, 0.2) is 35.1 Å². The molecule has 2 atom stereocenters. The Morgan fingerprint density at radius 2 is 1.95 bits per heavy atom. The summed E-state index contributed by atoms with van der Waals surface area (Å²) in [5.41, 5.74) is -0.00752. The van der Waals surface area contributed by atoms with Gasteiger partial charge in [0, 0.05) is 11.4 Å². The van der Waals surface area contributed by atoms with Crippen molar-refractivity contribution in [2.24, 2.45) is 5.92 Å². The number of hydrogen-bond acceptors (Lipinski definition) is 2. The number of benzene rings is 1. The zero-order valence-corrected chi connectivity index (χ0v) is 12.0. The third kappa shape index (κ3) is 2.72. The number of anilines is 1. The van der Waals surface area contributed by atoms with E-state index < -0.39 is 0 Å². The summed E-state index contributed by atoms with van der Waals surface area (Å²) in [5, 5.41) is 5.30. The lowest BCUT2D eigenvalue weighted by atomic mass is 9.97. The van der Waals surface area contributed by atoms with E-state index in [9.17, 15) is 4.79 Å². The molecule has 0 aliphatic heterocycles. The fourth-order valence-corrected chi connectivity index (χ4v) is 3.20. The molecule has 0 amide bonds. The Balaban J connectivity index is 1.88. The first-order chi connectivity index (χ1) is 9.74. The number of hydrogen-bond donors (Lipinski definition) is 2. The van der Waals surface area contributed by atoms with Crippen molar-refractivity contribution in [3.63, 3.8) is 0 Å². The second-order valence-electron chi connectivity index (χ2n) is 5.97. The molecule has 1 aromatic carbocycles. The van der Waals surface area contributed by atoms with E-state index in [1.807, 2.05) is 30.3 Å². The molecule has 1 aromatic heterocycles. The van der Waals surface area contributed by atoms with Crippen LogP contribution in [0.4, 0.5) is 5.82 Å². The van der Waals surface area contributed by atoms with Gasteiger partial charge in [0.05, 0.1) is 0 Å². The quantitative estimate of drug-likeness (QED) is 0.813. The van der Waals surface area contributed by atoms with E-state index in [0.717, 1.165) is 16.6 Å². The number of H-pyrrole nitrogens is 1. The molecule has 3 heteroatoms. The van der Waals surface area contributed by atoms with Gasteiger partial charge in [0.25, 0.3) is 5.56 Å². The van der Waals surface area contributed by atoms with Crippen LogP contribution in [0.3, 0.4) is 0 Å². The first kappa shape index (κ1) is 13.2. The van der Waals surface area contributed by atoms with E-state index in [4.69, 9.17) is 0 Å². The van der Waals surface area contributed by atoms with Crippen molar-refractivity contribution < 1.29 is 0 Å². The van der Waals surface area contributed by atoms with E-state index in [0.29, 0.717) is 12.0 Å². The van der Waals surface area contributed by atoms with Crippen molar-refractivity contribution in [2.45, 2.75) is 45.1 Å². The van der Waals surface area contributed by atoms with Gasteiger partial charge < -0.3 is 10.3 Å². The molecule has 1 heterocycles. The Hall–Kier alpha value is -1.77. The molecular formula is C17H22N2O. The van der Waals surface area contributed by atoms with Gasteiger partial charge in [-0.2, -0.15) is 0 Å².